The van der Waals surface area contributed by atoms with Crippen molar-refractivity contribution in [1.82, 2.24) is 0 Å². The fourth-order valence-electron chi connectivity index (χ4n) is 1.99. The summed E-state index contributed by atoms with van der Waals surface area (Å²) in [6.07, 6.45) is 1.68. The predicted molar refractivity (Wildman–Crippen MR) is 92.2 cm³/mol. The maximum atomic E-state index is 12.0. The number of hydrogen-bond acceptors (Lipinski definition) is 3. The van der Waals surface area contributed by atoms with Crippen LogP contribution < -0.4 is 14.8 Å². The molecule has 0 saturated carbocycles. The molecule has 0 saturated heterocycles. The Morgan fingerprint density at radius 1 is 1.13 bits per heavy atom. The quantitative estimate of drug-likeness (QED) is 0.789. The second-order valence-corrected chi connectivity index (χ2v) is 5.23. The van der Waals surface area contributed by atoms with Crippen LogP contribution in [0.25, 0.3) is 0 Å². The lowest BCUT2D eigenvalue weighted by molar-refractivity contribution is -0.118. The van der Waals surface area contributed by atoms with Crippen molar-refractivity contribution in [2.75, 3.05) is 18.5 Å². The van der Waals surface area contributed by atoms with Crippen molar-refractivity contribution >= 4 is 11.6 Å². The number of rotatable bonds is 7. The van der Waals surface area contributed by atoms with E-state index in [2.05, 4.69) is 11.9 Å². The summed E-state index contributed by atoms with van der Waals surface area (Å²) in [7, 11) is 0. The first-order valence-corrected chi connectivity index (χ1v) is 7.42. The standard InChI is InChI=1S/C19H21NO3/c1-4-11-22-17-9-7-16(8-10-17)20-19(21)13-23-18-12-14(2)5-6-15(18)3/h4-10,12H,1,11,13H2,2-3H3,(H,20,21). The van der Waals surface area contributed by atoms with E-state index in [1.807, 2.05) is 32.0 Å². The van der Waals surface area contributed by atoms with Crippen molar-refractivity contribution < 1.29 is 14.3 Å². The molecule has 120 valence electrons. The average Bonchev–Trinajstić information content (AvgIpc) is 2.55. The summed E-state index contributed by atoms with van der Waals surface area (Å²) >= 11 is 0. The van der Waals surface area contributed by atoms with Gasteiger partial charge in [-0.25, -0.2) is 0 Å². The molecule has 4 nitrogen and oxygen atoms in total. The van der Waals surface area contributed by atoms with Gasteiger partial charge < -0.3 is 14.8 Å². The molecule has 0 spiro atoms. The van der Waals surface area contributed by atoms with Crippen LogP contribution in [0.1, 0.15) is 11.1 Å². The summed E-state index contributed by atoms with van der Waals surface area (Å²) < 4.78 is 11.0. The van der Waals surface area contributed by atoms with E-state index in [9.17, 15) is 4.79 Å². The number of carbonyl (C=O) groups excluding carboxylic acids is 1. The first-order valence-electron chi connectivity index (χ1n) is 7.42. The Bertz CT molecular complexity index is 678. The normalized spacial score (nSPS) is 10.0. The van der Waals surface area contributed by atoms with E-state index >= 15 is 0 Å². The second-order valence-electron chi connectivity index (χ2n) is 5.23. The average molecular weight is 311 g/mol. The zero-order valence-electron chi connectivity index (χ0n) is 13.5. The van der Waals surface area contributed by atoms with E-state index in [4.69, 9.17) is 9.47 Å². The van der Waals surface area contributed by atoms with Crippen molar-refractivity contribution in [3.05, 3.63) is 66.2 Å². The molecule has 0 fully saturated rings. The Labute approximate surface area is 136 Å². The summed E-state index contributed by atoms with van der Waals surface area (Å²) in [5.41, 5.74) is 2.80. The minimum Gasteiger partial charge on any atom is -0.490 e. The zero-order chi connectivity index (χ0) is 16.7. The third-order valence-electron chi connectivity index (χ3n) is 3.21. The number of ether oxygens (including phenoxy) is 2. The molecule has 0 heterocycles. The molecule has 1 N–H and O–H groups in total. The van der Waals surface area contributed by atoms with E-state index in [0.717, 1.165) is 22.6 Å². The van der Waals surface area contributed by atoms with Gasteiger partial charge in [0.1, 0.15) is 18.1 Å². The lowest BCUT2D eigenvalue weighted by Gasteiger charge is -2.11. The molecule has 1 amide bonds. The van der Waals surface area contributed by atoms with Gasteiger partial charge in [-0.05, 0) is 55.3 Å². The van der Waals surface area contributed by atoms with Gasteiger partial charge in [-0.1, -0.05) is 24.8 Å². The molecular formula is C19H21NO3. The molecule has 0 aliphatic heterocycles. The van der Waals surface area contributed by atoms with Crippen LogP contribution in [0.3, 0.4) is 0 Å². The Kier molecular flexibility index (Phi) is 5.80. The first kappa shape index (κ1) is 16.6. The summed E-state index contributed by atoms with van der Waals surface area (Å²) in [4.78, 5) is 12.0. The minimum atomic E-state index is -0.203. The molecule has 0 aliphatic carbocycles. The molecule has 4 heteroatoms. The van der Waals surface area contributed by atoms with Gasteiger partial charge in [0.15, 0.2) is 6.61 Å². The summed E-state index contributed by atoms with van der Waals surface area (Å²) in [5, 5.41) is 2.79. The molecule has 0 aliphatic rings. The number of amides is 1. The van der Waals surface area contributed by atoms with E-state index in [1.165, 1.54) is 0 Å². The lowest BCUT2D eigenvalue weighted by Crippen LogP contribution is -2.20. The van der Waals surface area contributed by atoms with Crippen molar-refractivity contribution in [1.29, 1.82) is 0 Å². The monoisotopic (exact) mass is 311 g/mol. The van der Waals surface area contributed by atoms with Crippen LogP contribution in [-0.2, 0) is 4.79 Å². The maximum absolute atomic E-state index is 12.0. The van der Waals surface area contributed by atoms with E-state index in [1.54, 1.807) is 30.3 Å². The van der Waals surface area contributed by atoms with Gasteiger partial charge in [-0.3, -0.25) is 4.79 Å². The molecule has 0 bridgehead atoms. The molecule has 23 heavy (non-hydrogen) atoms. The van der Waals surface area contributed by atoms with Crippen LogP contribution in [-0.4, -0.2) is 19.1 Å². The Hall–Kier alpha value is -2.75. The number of aryl methyl sites for hydroxylation is 2. The van der Waals surface area contributed by atoms with Gasteiger partial charge in [-0.15, -0.1) is 0 Å². The largest absolute Gasteiger partial charge is 0.490 e. The van der Waals surface area contributed by atoms with Crippen LogP contribution in [0.4, 0.5) is 5.69 Å². The fraction of sp³-hybridized carbons (Fsp3) is 0.211. The molecule has 2 rings (SSSR count). The smallest absolute Gasteiger partial charge is 0.262 e. The fourth-order valence-corrected chi connectivity index (χ4v) is 1.99. The van der Waals surface area contributed by atoms with Gasteiger partial charge in [-0.2, -0.15) is 0 Å². The Morgan fingerprint density at radius 2 is 1.87 bits per heavy atom. The van der Waals surface area contributed by atoms with Gasteiger partial charge >= 0.3 is 0 Å². The molecule has 2 aromatic rings. The molecule has 2 aromatic carbocycles. The van der Waals surface area contributed by atoms with Crippen molar-refractivity contribution in [2.45, 2.75) is 13.8 Å². The van der Waals surface area contributed by atoms with E-state index < -0.39 is 0 Å². The van der Waals surface area contributed by atoms with Gasteiger partial charge in [0.2, 0.25) is 0 Å². The third-order valence-corrected chi connectivity index (χ3v) is 3.21. The van der Waals surface area contributed by atoms with Crippen LogP contribution in [0, 0.1) is 13.8 Å². The van der Waals surface area contributed by atoms with E-state index in [0.29, 0.717) is 12.3 Å². The number of nitrogens with one attached hydrogen (secondary N) is 1. The predicted octanol–water partition coefficient (Wildman–Crippen LogP) is 3.89. The van der Waals surface area contributed by atoms with Crippen molar-refractivity contribution in [3.63, 3.8) is 0 Å². The van der Waals surface area contributed by atoms with Crippen molar-refractivity contribution in [2.24, 2.45) is 0 Å². The molecular weight excluding hydrogens is 290 g/mol. The van der Waals surface area contributed by atoms with Gasteiger partial charge in [0, 0.05) is 5.69 Å². The Morgan fingerprint density at radius 3 is 2.57 bits per heavy atom. The van der Waals surface area contributed by atoms with Crippen LogP contribution >= 0.6 is 0 Å². The maximum Gasteiger partial charge on any atom is 0.262 e. The van der Waals surface area contributed by atoms with Crippen LogP contribution in [0.2, 0.25) is 0 Å². The Balaban J connectivity index is 1.87. The SMILES string of the molecule is C=CCOc1ccc(NC(=O)COc2cc(C)ccc2C)cc1. The summed E-state index contributed by atoms with van der Waals surface area (Å²) in [6, 6.07) is 13.1. The van der Waals surface area contributed by atoms with Crippen molar-refractivity contribution in [3.8, 4) is 11.5 Å². The van der Waals surface area contributed by atoms with Gasteiger partial charge in [0.05, 0.1) is 0 Å². The van der Waals surface area contributed by atoms with Crippen LogP contribution in [0.5, 0.6) is 11.5 Å². The summed E-state index contributed by atoms with van der Waals surface area (Å²) in [5.74, 6) is 1.26. The zero-order valence-corrected chi connectivity index (χ0v) is 13.5. The lowest BCUT2D eigenvalue weighted by atomic mass is 10.1. The highest BCUT2D eigenvalue weighted by Gasteiger charge is 2.06. The molecule has 0 radical (unpaired) electrons. The summed E-state index contributed by atoms with van der Waals surface area (Å²) in [6.45, 7) is 7.96. The topological polar surface area (TPSA) is 47.6 Å². The highest BCUT2D eigenvalue weighted by Crippen LogP contribution is 2.19. The molecule has 0 atom stereocenters. The first-order chi connectivity index (χ1) is 11.1. The molecule has 0 aromatic heterocycles. The van der Waals surface area contributed by atoms with Gasteiger partial charge in [0.25, 0.3) is 5.91 Å². The second kappa shape index (κ2) is 8.03. The number of anilines is 1. The van der Waals surface area contributed by atoms with E-state index in [-0.39, 0.29) is 12.5 Å². The third kappa shape index (κ3) is 5.18. The highest BCUT2D eigenvalue weighted by atomic mass is 16.5. The van der Waals surface area contributed by atoms with Crippen LogP contribution in [0.15, 0.2) is 55.1 Å². The number of carbonyl (C=O) groups is 1. The minimum absolute atomic E-state index is 0.0288. The highest BCUT2D eigenvalue weighted by molar-refractivity contribution is 5.91. The molecule has 0 unspecified atom stereocenters. The number of benzene rings is 2. The number of hydrogen-bond donors (Lipinski definition) is 1.